The number of rotatable bonds is 6. The summed E-state index contributed by atoms with van der Waals surface area (Å²) in [5, 5.41) is 14.3. The molecule has 0 spiro atoms. The van der Waals surface area contributed by atoms with Crippen molar-refractivity contribution >= 4 is 39.3 Å². The Morgan fingerprint density at radius 3 is 2.34 bits per heavy atom. The van der Waals surface area contributed by atoms with Gasteiger partial charge in [-0.1, -0.05) is 36.4 Å². The second kappa shape index (κ2) is 9.67. The van der Waals surface area contributed by atoms with Crippen molar-refractivity contribution in [1.82, 2.24) is 19.7 Å². The molecule has 1 N–H and O–H groups in total. The van der Waals surface area contributed by atoms with Crippen molar-refractivity contribution in [2.45, 2.75) is 0 Å². The number of carbonyl (C=O) groups is 1. The lowest BCUT2D eigenvalue weighted by atomic mass is 10.0. The number of hydrogen-bond donors (Lipinski definition) is 1. The first kappa shape index (κ1) is 23.2. The molecule has 6 rings (SSSR count). The fourth-order valence-electron chi connectivity index (χ4n) is 4.47. The Hall–Kier alpha value is -5.24. The van der Waals surface area contributed by atoms with Crippen LogP contribution in [0.1, 0.15) is 10.4 Å². The van der Waals surface area contributed by atoms with E-state index in [0.717, 1.165) is 50.2 Å². The number of methoxy groups -OCH3 is 2. The van der Waals surface area contributed by atoms with Gasteiger partial charge in [-0.25, -0.2) is 9.78 Å². The van der Waals surface area contributed by atoms with Crippen LogP contribution < -0.4 is 10.1 Å². The number of carbonyl (C=O) groups excluding carboxylic acids is 1. The molecule has 38 heavy (non-hydrogen) atoms. The Kier molecular flexibility index (Phi) is 5.89. The van der Waals surface area contributed by atoms with Crippen molar-refractivity contribution in [3.63, 3.8) is 0 Å². The van der Waals surface area contributed by atoms with Crippen molar-refractivity contribution in [1.29, 1.82) is 0 Å². The highest BCUT2D eigenvalue weighted by Crippen LogP contribution is 2.32. The fourth-order valence-corrected chi connectivity index (χ4v) is 4.47. The molecule has 4 aromatic carbocycles. The molecule has 0 amide bonds. The van der Waals surface area contributed by atoms with Gasteiger partial charge >= 0.3 is 5.97 Å². The minimum absolute atomic E-state index is 0.377. The molecule has 0 saturated carbocycles. The Morgan fingerprint density at radius 2 is 1.61 bits per heavy atom. The SMILES string of the molecule is COC(=O)c1ccc(-c2nnc(Nc3ccc4c(c3)ncn4-c3ccc(OC)cc3)c3ccccc23)cc1. The molecule has 0 fully saturated rings. The van der Waals surface area contributed by atoms with Crippen molar-refractivity contribution in [2.24, 2.45) is 0 Å². The topological polar surface area (TPSA) is 91.2 Å². The molecular formula is C30H23N5O3. The van der Waals surface area contributed by atoms with Crippen molar-refractivity contribution in [2.75, 3.05) is 19.5 Å². The van der Waals surface area contributed by atoms with Gasteiger partial charge in [-0.05, 0) is 54.6 Å². The number of imidazole rings is 1. The molecule has 0 saturated heterocycles. The highest BCUT2D eigenvalue weighted by atomic mass is 16.5. The Balaban J connectivity index is 1.32. The lowest BCUT2D eigenvalue weighted by Crippen LogP contribution is -2.01. The van der Waals surface area contributed by atoms with E-state index in [1.807, 2.05) is 89.8 Å². The first-order valence-corrected chi connectivity index (χ1v) is 12.0. The molecule has 0 radical (unpaired) electrons. The van der Waals surface area contributed by atoms with E-state index in [4.69, 9.17) is 9.47 Å². The average molecular weight is 502 g/mol. The summed E-state index contributed by atoms with van der Waals surface area (Å²) in [7, 11) is 3.02. The van der Waals surface area contributed by atoms with Gasteiger partial charge in [0.2, 0.25) is 0 Å². The Bertz CT molecular complexity index is 1780. The van der Waals surface area contributed by atoms with E-state index in [0.29, 0.717) is 11.4 Å². The monoisotopic (exact) mass is 501 g/mol. The fraction of sp³-hybridized carbons (Fsp3) is 0.0667. The minimum Gasteiger partial charge on any atom is -0.497 e. The average Bonchev–Trinajstić information content (AvgIpc) is 3.40. The van der Waals surface area contributed by atoms with E-state index >= 15 is 0 Å². The molecule has 8 heteroatoms. The number of aromatic nitrogens is 4. The zero-order valence-corrected chi connectivity index (χ0v) is 20.8. The summed E-state index contributed by atoms with van der Waals surface area (Å²) in [6.45, 7) is 0. The maximum atomic E-state index is 11.8. The van der Waals surface area contributed by atoms with E-state index in [1.54, 1.807) is 19.2 Å². The van der Waals surface area contributed by atoms with Crippen molar-refractivity contribution in [3.8, 4) is 22.7 Å². The van der Waals surface area contributed by atoms with Crippen LogP contribution in [0.2, 0.25) is 0 Å². The maximum Gasteiger partial charge on any atom is 0.337 e. The summed E-state index contributed by atoms with van der Waals surface area (Å²) in [4.78, 5) is 16.4. The number of hydrogen-bond acceptors (Lipinski definition) is 7. The standard InChI is InChI=1S/C30H23N5O3/c1-37-23-14-12-22(13-15-23)35-18-31-26-17-21(11-16-27(26)35)32-29-25-6-4-3-5-24(25)28(33-34-29)19-7-9-20(10-8-19)30(36)38-2/h3-18H,1-2H3,(H,32,34). The first-order chi connectivity index (χ1) is 18.6. The Morgan fingerprint density at radius 1 is 0.842 bits per heavy atom. The predicted octanol–water partition coefficient (Wildman–Crippen LogP) is 6.17. The van der Waals surface area contributed by atoms with E-state index in [2.05, 4.69) is 20.5 Å². The van der Waals surface area contributed by atoms with Crippen LogP contribution in [0.3, 0.4) is 0 Å². The molecule has 0 bridgehead atoms. The number of ether oxygens (including phenoxy) is 2. The second-order valence-corrected chi connectivity index (χ2v) is 8.65. The lowest BCUT2D eigenvalue weighted by Gasteiger charge is -2.12. The number of esters is 1. The maximum absolute atomic E-state index is 11.8. The number of nitrogens with one attached hydrogen (secondary N) is 1. The highest BCUT2D eigenvalue weighted by molar-refractivity contribution is 6.01. The highest BCUT2D eigenvalue weighted by Gasteiger charge is 2.13. The summed E-state index contributed by atoms with van der Waals surface area (Å²) in [5.74, 6) is 1.07. The summed E-state index contributed by atoms with van der Waals surface area (Å²) in [6, 6.07) is 29.0. The van der Waals surface area contributed by atoms with Crippen LogP contribution in [0.5, 0.6) is 5.75 Å². The molecule has 6 aromatic rings. The molecule has 0 aliphatic carbocycles. The normalized spacial score (nSPS) is 11.0. The minimum atomic E-state index is -0.377. The number of nitrogens with zero attached hydrogens (tertiary/aromatic N) is 4. The molecule has 0 aliphatic heterocycles. The second-order valence-electron chi connectivity index (χ2n) is 8.65. The van der Waals surface area contributed by atoms with Gasteiger partial charge < -0.3 is 14.8 Å². The third-order valence-electron chi connectivity index (χ3n) is 6.43. The van der Waals surface area contributed by atoms with Crippen LogP contribution in [0, 0.1) is 0 Å². The van der Waals surface area contributed by atoms with Gasteiger partial charge in [-0.15, -0.1) is 10.2 Å². The smallest absolute Gasteiger partial charge is 0.337 e. The van der Waals surface area contributed by atoms with E-state index < -0.39 is 0 Å². The largest absolute Gasteiger partial charge is 0.497 e. The van der Waals surface area contributed by atoms with Crippen LogP contribution in [0.4, 0.5) is 11.5 Å². The summed E-state index contributed by atoms with van der Waals surface area (Å²) < 4.78 is 12.1. The van der Waals surface area contributed by atoms with Crippen molar-refractivity contribution < 1.29 is 14.3 Å². The molecule has 0 unspecified atom stereocenters. The van der Waals surface area contributed by atoms with Crippen LogP contribution in [0.25, 0.3) is 38.8 Å². The summed E-state index contributed by atoms with van der Waals surface area (Å²) in [5.41, 5.74) is 5.77. The number of anilines is 2. The third-order valence-corrected chi connectivity index (χ3v) is 6.43. The predicted molar refractivity (Wildman–Crippen MR) is 147 cm³/mol. The van der Waals surface area contributed by atoms with Crippen LogP contribution in [-0.2, 0) is 4.74 Å². The van der Waals surface area contributed by atoms with Crippen LogP contribution in [-0.4, -0.2) is 39.9 Å². The van der Waals surface area contributed by atoms with Crippen LogP contribution >= 0.6 is 0 Å². The molecule has 2 aromatic heterocycles. The zero-order valence-electron chi connectivity index (χ0n) is 20.8. The molecule has 0 aliphatic rings. The molecular weight excluding hydrogens is 478 g/mol. The van der Waals surface area contributed by atoms with Gasteiger partial charge in [0.1, 0.15) is 17.8 Å². The van der Waals surface area contributed by atoms with Gasteiger partial charge in [0, 0.05) is 27.7 Å². The van der Waals surface area contributed by atoms with Gasteiger partial charge in [-0.3, -0.25) is 4.57 Å². The quantitative estimate of drug-likeness (QED) is 0.273. The van der Waals surface area contributed by atoms with E-state index in [-0.39, 0.29) is 5.97 Å². The van der Waals surface area contributed by atoms with Gasteiger partial charge in [0.25, 0.3) is 0 Å². The molecule has 8 nitrogen and oxygen atoms in total. The lowest BCUT2D eigenvalue weighted by molar-refractivity contribution is 0.0600. The number of benzene rings is 4. The first-order valence-electron chi connectivity index (χ1n) is 12.0. The molecule has 186 valence electrons. The summed E-state index contributed by atoms with van der Waals surface area (Å²) in [6.07, 6.45) is 1.81. The Labute approximate surface area is 218 Å². The number of fused-ring (bicyclic) bond motifs is 2. The van der Waals surface area contributed by atoms with Crippen molar-refractivity contribution in [3.05, 3.63) is 103 Å². The van der Waals surface area contributed by atoms with Gasteiger partial charge in [-0.2, -0.15) is 0 Å². The van der Waals surface area contributed by atoms with Gasteiger partial charge in [0.05, 0.1) is 30.8 Å². The van der Waals surface area contributed by atoms with E-state index in [9.17, 15) is 4.79 Å². The zero-order chi connectivity index (χ0) is 26.1. The molecule has 2 heterocycles. The van der Waals surface area contributed by atoms with Crippen LogP contribution in [0.15, 0.2) is 97.3 Å². The summed E-state index contributed by atoms with van der Waals surface area (Å²) >= 11 is 0. The third kappa shape index (κ3) is 4.18. The molecule has 0 atom stereocenters. The van der Waals surface area contributed by atoms with Gasteiger partial charge in [0.15, 0.2) is 5.82 Å². The van der Waals surface area contributed by atoms with E-state index in [1.165, 1.54) is 7.11 Å².